The summed E-state index contributed by atoms with van der Waals surface area (Å²) in [6.07, 6.45) is 4.24. The first-order valence-electron chi connectivity index (χ1n) is 8.31. The summed E-state index contributed by atoms with van der Waals surface area (Å²) in [5, 5.41) is 4.84. The van der Waals surface area contributed by atoms with Crippen LogP contribution in [0.25, 0.3) is 10.2 Å². The molecule has 2 heterocycles. The summed E-state index contributed by atoms with van der Waals surface area (Å²) in [5.74, 6) is 0.811. The molecule has 1 saturated carbocycles. The fourth-order valence-corrected chi connectivity index (χ4v) is 4.12. The van der Waals surface area contributed by atoms with Gasteiger partial charge >= 0.3 is 0 Å². The molecule has 1 amide bonds. The van der Waals surface area contributed by atoms with Crippen molar-refractivity contribution in [2.45, 2.75) is 52.9 Å². The van der Waals surface area contributed by atoms with E-state index in [0.29, 0.717) is 22.0 Å². The van der Waals surface area contributed by atoms with Crippen LogP contribution < -0.4 is 11.0 Å². The van der Waals surface area contributed by atoms with E-state index in [-0.39, 0.29) is 17.9 Å². The highest BCUT2D eigenvalue weighted by molar-refractivity contribution is 7.18. The maximum atomic E-state index is 12.2. The number of aromatic nitrogens is 2. The van der Waals surface area contributed by atoms with Gasteiger partial charge in [-0.2, -0.15) is 5.10 Å². The molecule has 2 aromatic rings. The quantitative estimate of drug-likeness (QED) is 0.835. The molecule has 0 radical (unpaired) electrons. The number of aromatic amines is 1. The Hall–Kier alpha value is -2.02. The molecule has 0 unspecified atom stereocenters. The molecule has 1 fully saturated rings. The highest BCUT2D eigenvalue weighted by Gasteiger charge is 2.19. The first-order valence-corrected chi connectivity index (χ1v) is 9.12. The van der Waals surface area contributed by atoms with Gasteiger partial charge in [-0.05, 0) is 44.6 Å². The lowest BCUT2D eigenvalue weighted by Crippen LogP contribution is -2.23. The van der Waals surface area contributed by atoms with Crippen LogP contribution in [0.1, 0.15) is 48.9 Å². The number of H-pyrrole nitrogens is 1. The largest absolute Gasteiger partial charge is 0.309 e. The Balaban J connectivity index is 1.70. The average molecular weight is 346 g/mol. The van der Waals surface area contributed by atoms with Gasteiger partial charge in [0.25, 0.3) is 5.56 Å². The van der Waals surface area contributed by atoms with E-state index < -0.39 is 0 Å². The second kappa shape index (κ2) is 6.84. The standard InChI is InChI=1S/C17H22N4O2S/c1-4-11-5-6-12(7-11)20-21-14(22)8-13-18-16(23)15-9(2)10(3)24-17(15)19-13/h11H,4-8H2,1-3H3,(H,21,22)(H,18,19,23)/t11-/m0/s1. The minimum Gasteiger partial charge on any atom is -0.309 e. The Morgan fingerprint density at radius 1 is 1.46 bits per heavy atom. The predicted molar refractivity (Wildman–Crippen MR) is 96.6 cm³/mol. The van der Waals surface area contributed by atoms with Crippen molar-refractivity contribution in [1.29, 1.82) is 0 Å². The molecular weight excluding hydrogens is 324 g/mol. The van der Waals surface area contributed by atoms with Crippen molar-refractivity contribution in [1.82, 2.24) is 15.4 Å². The number of aryl methyl sites for hydroxylation is 2. The minimum absolute atomic E-state index is 0.0230. The van der Waals surface area contributed by atoms with Gasteiger partial charge in [-0.25, -0.2) is 10.4 Å². The third-order valence-electron chi connectivity index (χ3n) is 4.70. The molecule has 128 valence electrons. The molecule has 0 spiro atoms. The molecule has 1 atom stereocenters. The Morgan fingerprint density at radius 2 is 2.25 bits per heavy atom. The second-order valence-electron chi connectivity index (χ2n) is 6.38. The first-order chi connectivity index (χ1) is 11.5. The molecule has 0 aliphatic heterocycles. The van der Waals surface area contributed by atoms with Gasteiger partial charge in [-0.1, -0.05) is 13.3 Å². The van der Waals surface area contributed by atoms with E-state index in [9.17, 15) is 9.59 Å². The molecule has 0 aromatic carbocycles. The van der Waals surface area contributed by atoms with E-state index in [1.807, 2.05) is 13.8 Å². The summed E-state index contributed by atoms with van der Waals surface area (Å²) in [6.45, 7) is 6.06. The van der Waals surface area contributed by atoms with Crippen LogP contribution in [0.4, 0.5) is 0 Å². The number of nitrogens with zero attached hydrogens (tertiary/aromatic N) is 2. The van der Waals surface area contributed by atoms with Crippen molar-refractivity contribution >= 4 is 33.2 Å². The summed E-state index contributed by atoms with van der Waals surface area (Å²) < 4.78 is 0. The number of hydrazone groups is 1. The SMILES string of the molecule is CC[C@H]1CCC(=NNC(=O)Cc2nc3sc(C)c(C)c3c(=O)[nH]2)C1. The normalized spacial score (nSPS) is 19.3. The molecule has 0 bridgehead atoms. The van der Waals surface area contributed by atoms with Gasteiger partial charge in [0.05, 0.1) is 11.8 Å². The lowest BCUT2D eigenvalue weighted by Gasteiger charge is -2.03. The third-order valence-corrected chi connectivity index (χ3v) is 5.80. The number of rotatable bonds is 4. The molecule has 6 nitrogen and oxygen atoms in total. The van der Waals surface area contributed by atoms with E-state index in [2.05, 4.69) is 27.4 Å². The van der Waals surface area contributed by atoms with E-state index in [4.69, 9.17) is 0 Å². The van der Waals surface area contributed by atoms with Crippen LogP contribution in [0.2, 0.25) is 0 Å². The number of amides is 1. The van der Waals surface area contributed by atoms with Crippen LogP contribution in [0, 0.1) is 19.8 Å². The van der Waals surface area contributed by atoms with Gasteiger partial charge in [0, 0.05) is 10.6 Å². The third kappa shape index (κ3) is 3.40. The van der Waals surface area contributed by atoms with Crippen molar-refractivity contribution in [2.75, 3.05) is 0 Å². The predicted octanol–water partition coefficient (Wildman–Crippen LogP) is 2.83. The maximum absolute atomic E-state index is 12.2. The highest BCUT2D eigenvalue weighted by atomic mass is 32.1. The fraction of sp³-hybridized carbons (Fsp3) is 0.529. The Bertz CT molecular complexity index is 865. The Morgan fingerprint density at radius 3 is 2.96 bits per heavy atom. The Labute approximate surface area is 144 Å². The van der Waals surface area contributed by atoms with Gasteiger partial charge < -0.3 is 4.98 Å². The van der Waals surface area contributed by atoms with Gasteiger partial charge in [-0.3, -0.25) is 9.59 Å². The van der Waals surface area contributed by atoms with Crippen LogP contribution in [-0.2, 0) is 11.2 Å². The van der Waals surface area contributed by atoms with Crippen LogP contribution in [0.3, 0.4) is 0 Å². The van der Waals surface area contributed by atoms with Crippen LogP contribution in [-0.4, -0.2) is 21.6 Å². The average Bonchev–Trinajstić information content (AvgIpc) is 3.10. The zero-order valence-electron chi connectivity index (χ0n) is 14.2. The first kappa shape index (κ1) is 16.8. The fourth-order valence-electron chi connectivity index (χ4n) is 3.07. The number of thiophene rings is 1. The maximum Gasteiger partial charge on any atom is 0.259 e. The van der Waals surface area contributed by atoms with E-state index >= 15 is 0 Å². The summed E-state index contributed by atoms with van der Waals surface area (Å²) in [7, 11) is 0. The van der Waals surface area contributed by atoms with Crippen molar-refractivity contribution in [3.8, 4) is 0 Å². The van der Waals surface area contributed by atoms with Crippen molar-refractivity contribution in [3.63, 3.8) is 0 Å². The topological polar surface area (TPSA) is 87.2 Å². The highest BCUT2D eigenvalue weighted by Crippen LogP contribution is 2.26. The number of fused-ring (bicyclic) bond motifs is 1. The molecule has 0 saturated heterocycles. The van der Waals surface area contributed by atoms with Crippen molar-refractivity contribution in [2.24, 2.45) is 11.0 Å². The van der Waals surface area contributed by atoms with Crippen LogP contribution in [0.15, 0.2) is 9.90 Å². The smallest absolute Gasteiger partial charge is 0.259 e. The lowest BCUT2D eigenvalue weighted by molar-refractivity contribution is -0.120. The van der Waals surface area contributed by atoms with Crippen LogP contribution in [0.5, 0.6) is 0 Å². The molecule has 1 aliphatic rings. The number of hydrogen-bond donors (Lipinski definition) is 2. The number of carbonyl (C=O) groups is 1. The van der Waals surface area contributed by atoms with Crippen molar-refractivity contribution < 1.29 is 4.79 Å². The Kier molecular flexibility index (Phi) is 4.80. The number of hydrogen-bond acceptors (Lipinski definition) is 5. The zero-order valence-corrected chi connectivity index (χ0v) is 15.0. The van der Waals surface area contributed by atoms with E-state index in [1.54, 1.807) is 0 Å². The molecule has 1 aliphatic carbocycles. The zero-order chi connectivity index (χ0) is 17.3. The summed E-state index contributed by atoms with van der Waals surface area (Å²) >= 11 is 1.48. The molecule has 24 heavy (non-hydrogen) atoms. The molecule has 2 N–H and O–H groups in total. The minimum atomic E-state index is -0.255. The van der Waals surface area contributed by atoms with Gasteiger partial charge in [-0.15, -0.1) is 11.3 Å². The molecular formula is C17H22N4O2S. The van der Waals surface area contributed by atoms with E-state index in [0.717, 1.165) is 41.8 Å². The molecule has 7 heteroatoms. The van der Waals surface area contributed by atoms with Crippen molar-refractivity contribution in [3.05, 3.63) is 26.6 Å². The second-order valence-corrected chi connectivity index (χ2v) is 7.59. The summed E-state index contributed by atoms with van der Waals surface area (Å²) in [6, 6.07) is 0. The van der Waals surface area contributed by atoms with Gasteiger partial charge in [0.2, 0.25) is 5.91 Å². The molecule has 3 rings (SSSR count). The van der Waals surface area contributed by atoms with E-state index in [1.165, 1.54) is 11.3 Å². The lowest BCUT2D eigenvalue weighted by atomic mass is 10.1. The summed E-state index contributed by atoms with van der Waals surface area (Å²) in [5.41, 5.74) is 4.42. The number of nitrogens with one attached hydrogen (secondary N) is 2. The number of carbonyl (C=O) groups excluding carboxylic acids is 1. The summed E-state index contributed by atoms with van der Waals surface area (Å²) in [4.78, 5) is 33.1. The van der Waals surface area contributed by atoms with Crippen LogP contribution >= 0.6 is 11.3 Å². The van der Waals surface area contributed by atoms with Gasteiger partial charge in [0.15, 0.2) is 0 Å². The molecule has 2 aromatic heterocycles. The van der Waals surface area contributed by atoms with Gasteiger partial charge in [0.1, 0.15) is 10.7 Å². The monoisotopic (exact) mass is 346 g/mol.